The molecular weight excluding hydrogens is 1060 g/mol. The second-order valence-electron chi connectivity index (χ2n) is 21.3. The van der Waals surface area contributed by atoms with E-state index in [4.69, 9.17) is 4.42 Å². The van der Waals surface area contributed by atoms with Crippen LogP contribution in [0.15, 0.2) is 314 Å². The molecule has 0 aliphatic heterocycles. The zero-order chi connectivity index (χ0) is 55.5. The molecule has 3 aromatic heterocycles. The lowest BCUT2D eigenvalue weighted by Crippen LogP contribution is -2.16. The van der Waals surface area contributed by atoms with Gasteiger partial charge in [-0.3, -0.25) is 0 Å². The summed E-state index contributed by atoms with van der Waals surface area (Å²) in [4.78, 5) is 7.17. The third-order valence-electron chi connectivity index (χ3n) is 16.2. The van der Waals surface area contributed by atoms with Gasteiger partial charge in [-0.1, -0.05) is 164 Å². The minimum absolute atomic E-state index is 0.887. The molecule has 0 atom stereocenters. The van der Waals surface area contributed by atoms with Gasteiger partial charge in [0.25, 0.3) is 0 Å². The van der Waals surface area contributed by atoms with E-state index in [9.17, 15) is 0 Å². The Bertz CT molecular complexity index is 4550. The van der Waals surface area contributed by atoms with Crippen LogP contribution in [0.1, 0.15) is 0 Å². The molecular formula is C78H51N3OS2. The summed E-state index contributed by atoms with van der Waals surface area (Å²) in [6.45, 7) is 0. The number of rotatable bonds is 12. The summed E-state index contributed by atoms with van der Waals surface area (Å²) in [6.07, 6.45) is 0. The lowest BCUT2D eigenvalue weighted by atomic mass is 10.0. The van der Waals surface area contributed by atoms with Crippen molar-refractivity contribution in [2.24, 2.45) is 0 Å². The smallest absolute Gasteiger partial charge is 0.135 e. The Hall–Kier alpha value is -10.5. The maximum absolute atomic E-state index is 6.24. The van der Waals surface area contributed by atoms with Crippen molar-refractivity contribution in [2.75, 3.05) is 14.7 Å². The normalized spacial score (nSPS) is 11.6. The predicted octanol–water partition coefficient (Wildman–Crippen LogP) is 23.7. The Kier molecular flexibility index (Phi) is 12.2. The minimum Gasteiger partial charge on any atom is -0.456 e. The number of hydrogen-bond donors (Lipinski definition) is 0. The van der Waals surface area contributed by atoms with E-state index >= 15 is 0 Å². The van der Waals surface area contributed by atoms with E-state index in [1.54, 1.807) is 0 Å². The number of para-hydroxylation sites is 4. The van der Waals surface area contributed by atoms with Gasteiger partial charge in [-0.25, -0.2) is 0 Å². The number of nitrogens with zero attached hydrogens (tertiary/aromatic N) is 3. The molecule has 0 saturated carbocycles. The summed E-state index contributed by atoms with van der Waals surface area (Å²) in [5.41, 5.74) is 18.0. The van der Waals surface area contributed by atoms with Crippen LogP contribution >= 0.6 is 22.7 Å². The largest absolute Gasteiger partial charge is 0.456 e. The number of fused-ring (bicyclic) bond motifs is 9. The fraction of sp³-hybridized carbons (Fsp3) is 0. The second-order valence-corrected chi connectivity index (χ2v) is 23.5. The van der Waals surface area contributed by atoms with Gasteiger partial charge >= 0.3 is 0 Å². The lowest BCUT2D eigenvalue weighted by Gasteiger charge is -2.33. The van der Waals surface area contributed by atoms with E-state index in [0.29, 0.717) is 0 Å². The van der Waals surface area contributed by atoms with E-state index in [1.165, 1.54) is 51.5 Å². The van der Waals surface area contributed by atoms with Gasteiger partial charge in [0.05, 0.1) is 17.1 Å². The van der Waals surface area contributed by atoms with Crippen LogP contribution in [0.2, 0.25) is 0 Å². The molecule has 396 valence electrons. The quantitative estimate of drug-likeness (QED) is 0.122. The number of benzene rings is 13. The molecule has 16 rings (SSSR count). The molecule has 13 aromatic carbocycles. The van der Waals surface area contributed by atoms with Crippen molar-refractivity contribution in [1.29, 1.82) is 0 Å². The van der Waals surface area contributed by atoms with E-state index in [0.717, 1.165) is 95.4 Å². The third-order valence-corrected chi connectivity index (χ3v) is 18.5. The molecule has 0 saturated heterocycles. The molecule has 84 heavy (non-hydrogen) atoms. The van der Waals surface area contributed by atoms with Crippen molar-refractivity contribution >= 4 is 136 Å². The monoisotopic (exact) mass is 1110 g/mol. The highest BCUT2D eigenvalue weighted by Crippen LogP contribution is 2.48. The Labute approximate surface area is 494 Å². The van der Waals surface area contributed by atoms with Crippen molar-refractivity contribution in [3.63, 3.8) is 0 Å². The molecule has 3 heterocycles. The highest BCUT2D eigenvalue weighted by atomic mass is 32.1. The Balaban J connectivity index is 0.859. The van der Waals surface area contributed by atoms with Crippen LogP contribution in [0.4, 0.5) is 51.2 Å². The first-order valence-electron chi connectivity index (χ1n) is 28.4. The topological polar surface area (TPSA) is 22.9 Å². The molecule has 0 amide bonds. The SMILES string of the molecule is c1ccc(N(c2ccc(-c3ccc4oc5ccccc5c4c3)cc2)c2cc(N(c3ccccc3)c3ccc(-c4ccc5sc6ccccc6c5c4)cc3)cc(N(c3ccccc3)c3ccc(-c4ccc5sc6ccccc6c5c4)cc3)c2)cc1. The summed E-state index contributed by atoms with van der Waals surface area (Å²) in [5, 5.41) is 7.41. The molecule has 16 aromatic rings. The summed E-state index contributed by atoms with van der Waals surface area (Å²) < 4.78 is 11.5. The van der Waals surface area contributed by atoms with Crippen molar-refractivity contribution in [2.45, 2.75) is 0 Å². The van der Waals surface area contributed by atoms with Gasteiger partial charge in [-0.2, -0.15) is 0 Å². The number of anilines is 9. The maximum atomic E-state index is 6.24. The summed E-state index contributed by atoms with van der Waals surface area (Å²) >= 11 is 3.70. The lowest BCUT2D eigenvalue weighted by molar-refractivity contribution is 0.669. The Morgan fingerprint density at radius 2 is 0.488 bits per heavy atom. The van der Waals surface area contributed by atoms with Gasteiger partial charge in [-0.15, -0.1) is 22.7 Å². The molecule has 0 radical (unpaired) electrons. The molecule has 0 bridgehead atoms. The van der Waals surface area contributed by atoms with Crippen LogP contribution in [0.5, 0.6) is 0 Å². The summed E-state index contributed by atoms with van der Waals surface area (Å²) in [5.74, 6) is 0. The summed E-state index contributed by atoms with van der Waals surface area (Å²) in [7, 11) is 0. The molecule has 0 unspecified atom stereocenters. The fourth-order valence-electron chi connectivity index (χ4n) is 12.2. The molecule has 0 N–H and O–H groups in total. The van der Waals surface area contributed by atoms with Crippen LogP contribution < -0.4 is 14.7 Å². The molecule has 0 aliphatic carbocycles. The predicted molar refractivity (Wildman–Crippen MR) is 360 cm³/mol. The second kappa shape index (κ2) is 20.8. The van der Waals surface area contributed by atoms with Gasteiger partial charge in [0.15, 0.2) is 0 Å². The van der Waals surface area contributed by atoms with E-state index in [-0.39, 0.29) is 0 Å². The van der Waals surface area contributed by atoms with E-state index < -0.39 is 0 Å². The van der Waals surface area contributed by atoms with Gasteiger partial charge in [-0.05, 0) is 179 Å². The first kappa shape index (κ1) is 49.3. The average molecular weight is 1110 g/mol. The first-order valence-corrected chi connectivity index (χ1v) is 30.0. The third kappa shape index (κ3) is 8.93. The van der Waals surface area contributed by atoms with Gasteiger partial charge in [0, 0.05) is 85.2 Å². The van der Waals surface area contributed by atoms with Gasteiger partial charge in [0.2, 0.25) is 0 Å². The Morgan fingerprint density at radius 1 is 0.190 bits per heavy atom. The first-order chi connectivity index (χ1) is 41.6. The average Bonchev–Trinajstić information content (AvgIpc) is 4.30. The number of hydrogen-bond acceptors (Lipinski definition) is 6. The van der Waals surface area contributed by atoms with Crippen molar-refractivity contribution in [1.82, 2.24) is 0 Å². The highest BCUT2D eigenvalue weighted by molar-refractivity contribution is 7.26. The van der Waals surface area contributed by atoms with Crippen molar-refractivity contribution in [3.8, 4) is 33.4 Å². The van der Waals surface area contributed by atoms with Crippen LogP contribution in [0.3, 0.4) is 0 Å². The zero-order valence-corrected chi connectivity index (χ0v) is 47.1. The van der Waals surface area contributed by atoms with Crippen LogP contribution in [0, 0.1) is 0 Å². The van der Waals surface area contributed by atoms with Gasteiger partial charge in [0.1, 0.15) is 11.2 Å². The fourth-order valence-corrected chi connectivity index (χ4v) is 14.3. The van der Waals surface area contributed by atoms with Crippen LogP contribution in [0.25, 0.3) is 95.7 Å². The molecule has 0 spiro atoms. The maximum Gasteiger partial charge on any atom is 0.135 e. The molecule has 4 nitrogen and oxygen atoms in total. The molecule has 0 fully saturated rings. The minimum atomic E-state index is 0.887. The molecule has 6 heteroatoms. The van der Waals surface area contributed by atoms with Crippen molar-refractivity contribution < 1.29 is 4.42 Å². The van der Waals surface area contributed by atoms with E-state index in [1.807, 2.05) is 34.8 Å². The van der Waals surface area contributed by atoms with Crippen molar-refractivity contribution in [3.05, 3.63) is 309 Å². The number of thiophene rings is 2. The zero-order valence-electron chi connectivity index (χ0n) is 45.5. The van der Waals surface area contributed by atoms with Gasteiger partial charge < -0.3 is 19.1 Å². The Morgan fingerprint density at radius 3 is 0.905 bits per heavy atom. The number of furan rings is 1. The van der Waals surface area contributed by atoms with E-state index in [2.05, 4.69) is 312 Å². The van der Waals surface area contributed by atoms with Crippen LogP contribution in [-0.2, 0) is 0 Å². The summed E-state index contributed by atoms with van der Waals surface area (Å²) in [6, 6.07) is 112. The molecule has 0 aliphatic rings. The van der Waals surface area contributed by atoms with Crippen LogP contribution in [-0.4, -0.2) is 0 Å². The highest BCUT2D eigenvalue weighted by Gasteiger charge is 2.23. The standard InChI is InChI=1S/C78H51N3OS2/c1-4-16-58(17-5-1)79(61-37-28-52(29-38-61)55-34-43-74-70(46-55)67-22-10-13-25-73(67)82-74)64-49-65(80(59-18-6-2-7-19-59)62-39-30-53(31-40-62)56-35-44-77-71(47-56)68-23-11-14-26-75(68)83-77)51-66(50-64)81(60-20-8-3-9-21-60)63-41-32-54(33-42-63)57-36-45-78-72(48-57)69-24-12-15-27-76(69)84-78/h1-51H.